The summed E-state index contributed by atoms with van der Waals surface area (Å²) in [4.78, 5) is 6.96. The molecule has 1 aromatic carbocycles. The molecular weight excluding hydrogens is 469 g/mol. The second kappa shape index (κ2) is 9.22. The lowest BCUT2D eigenvalue weighted by Crippen LogP contribution is -2.41. The molecule has 0 radical (unpaired) electrons. The van der Waals surface area contributed by atoms with Gasteiger partial charge in [0.05, 0.1) is 12.6 Å². The average molecular weight is 496 g/mol. The first kappa shape index (κ1) is 20.7. The zero-order chi connectivity index (χ0) is 16.2. The van der Waals surface area contributed by atoms with Gasteiger partial charge in [0.15, 0.2) is 5.96 Å². The summed E-state index contributed by atoms with van der Waals surface area (Å²) in [6.45, 7) is 9.57. The maximum absolute atomic E-state index is 9.72. The van der Waals surface area contributed by atoms with Crippen molar-refractivity contribution in [3.8, 4) is 0 Å². The standard InChI is InChI=1S/C17H26BrN3O.HI/c1-4-19-16(21-9-8-15(22)11-21)20-12-17(2,3)13-6-5-7-14(18)10-13;/h5-7,10,15,22H,4,8-9,11-12H2,1-3H3,(H,19,20);1H/t15-;/m1./s1. The molecule has 0 saturated carbocycles. The molecule has 1 atom stereocenters. The van der Waals surface area contributed by atoms with Gasteiger partial charge >= 0.3 is 0 Å². The third-order valence-corrected chi connectivity index (χ3v) is 4.52. The number of benzene rings is 1. The molecule has 0 unspecified atom stereocenters. The molecule has 1 aliphatic rings. The van der Waals surface area contributed by atoms with Crippen molar-refractivity contribution in [2.45, 2.75) is 38.7 Å². The van der Waals surface area contributed by atoms with Crippen molar-refractivity contribution < 1.29 is 5.11 Å². The van der Waals surface area contributed by atoms with Crippen LogP contribution in [0.15, 0.2) is 33.7 Å². The van der Waals surface area contributed by atoms with Crippen molar-refractivity contribution in [1.82, 2.24) is 10.2 Å². The van der Waals surface area contributed by atoms with Crippen LogP contribution in [-0.4, -0.2) is 48.2 Å². The first-order valence-electron chi connectivity index (χ1n) is 7.90. The number of aliphatic hydroxyl groups excluding tert-OH is 1. The van der Waals surface area contributed by atoms with E-state index in [0.29, 0.717) is 13.1 Å². The third-order valence-electron chi connectivity index (χ3n) is 4.03. The van der Waals surface area contributed by atoms with Crippen molar-refractivity contribution in [2.75, 3.05) is 26.2 Å². The van der Waals surface area contributed by atoms with Crippen LogP contribution >= 0.6 is 39.9 Å². The molecular formula is C17H27BrIN3O. The Morgan fingerprint density at radius 2 is 2.22 bits per heavy atom. The van der Waals surface area contributed by atoms with E-state index in [1.54, 1.807) is 0 Å². The van der Waals surface area contributed by atoms with Gasteiger partial charge in [0, 0.05) is 29.5 Å². The molecule has 0 amide bonds. The Bertz CT molecular complexity index is 536. The van der Waals surface area contributed by atoms with Gasteiger partial charge in [-0.1, -0.05) is 41.9 Å². The van der Waals surface area contributed by atoms with Crippen LogP contribution in [0, 0.1) is 0 Å². The van der Waals surface area contributed by atoms with Gasteiger partial charge in [0.1, 0.15) is 0 Å². The van der Waals surface area contributed by atoms with E-state index in [0.717, 1.165) is 29.9 Å². The lowest BCUT2D eigenvalue weighted by Gasteiger charge is -2.26. The summed E-state index contributed by atoms with van der Waals surface area (Å²) in [5.41, 5.74) is 1.23. The zero-order valence-electron chi connectivity index (χ0n) is 14.1. The SMILES string of the molecule is CCNC(=NCC(C)(C)c1cccc(Br)c1)N1CC[C@@H](O)C1.I. The molecule has 1 heterocycles. The highest BCUT2D eigenvalue weighted by molar-refractivity contribution is 14.0. The Labute approximate surface area is 164 Å². The number of aliphatic imine (C=N–C) groups is 1. The number of β-amino-alcohol motifs (C(OH)–C–C–N with tert-alkyl or cyclic N) is 1. The van der Waals surface area contributed by atoms with E-state index in [9.17, 15) is 5.11 Å². The summed E-state index contributed by atoms with van der Waals surface area (Å²) >= 11 is 3.54. The Balaban J connectivity index is 0.00000264. The summed E-state index contributed by atoms with van der Waals surface area (Å²) in [6, 6.07) is 8.40. The maximum Gasteiger partial charge on any atom is 0.194 e. The lowest BCUT2D eigenvalue weighted by atomic mass is 9.85. The molecule has 2 rings (SSSR count). The molecule has 4 nitrogen and oxygen atoms in total. The van der Waals surface area contributed by atoms with Crippen LogP contribution in [0.4, 0.5) is 0 Å². The van der Waals surface area contributed by atoms with E-state index < -0.39 is 0 Å². The van der Waals surface area contributed by atoms with Crippen molar-refractivity contribution >= 4 is 45.9 Å². The average Bonchev–Trinajstić information content (AvgIpc) is 2.90. The molecule has 2 N–H and O–H groups in total. The summed E-state index contributed by atoms with van der Waals surface area (Å²) in [6.07, 6.45) is 0.585. The van der Waals surface area contributed by atoms with Crippen molar-refractivity contribution in [3.05, 3.63) is 34.3 Å². The molecule has 0 bridgehead atoms. The maximum atomic E-state index is 9.72. The number of guanidine groups is 1. The third kappa shape index (κ3) is 5.90. The van der Waals surface area contributed by atoms with E-state index >= 15 is 0 Å². The molecule has 23 heavy (non-hydrogen) atoms. The zero-order valence-corrected chi connectivity index (χ0v) is 18.0. The lowest BCUT2D eigenvalue weighted by molar-refractivity contribution is 0.187. The van der Waals surface area contributed by atoms with Gasteiger partial charge in [-0.25, -0.2) is 0 Å². The highest BCUT2D eigenvalue weighted by Crippen LogP contribution is 2.26. The van der Waals surface area contributed by atoms with Gasteiger partial charge in [-0.15, -0.1) is 24.0 Å². The van der Waals surface area contributed by atoms with E-state index in [1.165, 1.54) is 5.56 Å². The van der Waals surface area contributed by atoms with Gasteiger partial charge in [-0.2, -0.15) is 0 Å². The van der Waals surface area contributed by atoms with Crippen LogP contribution in [0.25, 0.3) is 0 Å². The van der Waals surface area contributed by atoms with Gasteiger partial charge in [-0.05, 0) is 31.0 Å². The number of likely N-dealkylation sites (tertiary alicyclic amines) is 1. The molecule has 1 fully saturated rings. The number of hydrogen-bond donors (Lipinski definition) is 2. The Hall–Kier alpha value is -0.340. The summed E-state index contributed by atoms with van der Waals surface area (Å²) < 4.78 is 1.09. The molecule has 0 aliphatic carbocycles. The summed E-state index contributed by atoms with van der Waals surface area (Å²) in [5.74, 6) is 0.905. The fraction of sp³-hybridized carbons (Fsp3) is 0.588. The van der Waals surface area contributed by atoms with Crippen molar-refractivity contribution in [2.24, 2.45) is 4.99 Å². The molecule has 130 valence electrons. The predicted molar refractivity (Wildman–Crippen MR) is 111 cm³/mol. The summed E-state index contributed by atoms with van der Waals surface area (Å²) in [5, 5.41) is 13.1. The minimum atomic E-state index is -0.234. The minimum absolute atomic E-state index is 0. The molecule has 1 saturated heterocycles. The Kier molecular flexibility index (Phi) is 8.30. The highest BCUT2D eigenvalue weighted by Gasteiger charge is 2.25. The first-order valence-corrected chi connectivity index (χ1v) is 8.69. The molecule has 1 aromatic rings. The van der Waals surface area contributed by atoms with Crippen molar-refractivity contribution in [1.29, 1.82) is 0 Å². The number of hydrogen-bond acceptors (Lipinski definition) is 2. The van der Waals surface area contributed by atoms with Crippen LogP contribution in [0.3, 0.4) is 0 Å². The molecule has 0 spiro atoms. The molecule has 1 aliphatic heterocycles. The van der Waals surface area contributed by atoms with Crippen LogP contribution < -0.4 is 5.32 Å². The fourth-order valence-electron chi connectivity index (χ4n) is 2.63. The second-order valence-electron chi connectivity index (χ2n) is 6.45. The highest BCUT2D eigenvalue weighted by atomic mass is 127. The predicted octanol–water partition coefficient (Wildman–Crippen LogP) is 3.38. The van der Waals surface area contributed by atoms with Gasteiger partial charge < -0.3 is 15.3 Å². The number of halogens is 2. The topological polar surface area (TPSA) is 47.9 Å². The molecule has 6 heteroatoms. The number of aliphatic hydroxyl groups is 1. The normalized spacial score (nSPS) is 18.7. The summed E-state index contributed by atoms with van der Waals surface area (Å²) in [7, 11) is 0. The number of nitrogens with zero attached hydrogens (tertiary/aromatic N) is 2. The largest absolute Gasteiger partial charge is 0.391 e. The van der Waals surface area contributed by atoms with E-state index in [-0.39, 0.29) is 35.5 Å². The van der Waals surface area contributed by atoms with Gasteiger partial charge in [-0.3, -0.25) is 4.99 Å². The van der Waals surface area contributed by atoms with Crippen LogP contribution in [0.5, 0.6) is 0 Å². The quantitative estimate of drug-likeness (QED) is 0.382. The monoisotopic (exact) mass is 495 g/mol. The first-order chi connectivity index (χ1) is 10.4. The minimum Gasteiger partial charge on any atom is -0.391 e. The number of nitrogens with one attached hydrogen (secondary N) is 1. The van der Waals surface area contributed by atoms with E-state index in [4.69, 9.17) is 4.99 Å². The Morgan fingerprint density at radius 3 is 2.78 bits per heavy atom. The van der Waals surface area contributed by atoms with E-state index in [1.807, 2.05) is 6.07 Å². The van der Waals surface area contributed by atoms with Crippen LogP contribution in [-0.2, 0) is 5.41 Å². The Morgan fingerprint density at radius 1 is 1.48 bits per heavy atom. The second-order valence-corrected chi connectivity index (χ2v) is 7.37. The smallest absolute Gasteiger partial charge is 0.194 e. The fourth-order valence-corrected chi connectivity index (χ4v) is 3.03. The van der Waals surface area contributed by atoms with Gasteiger partial charge in [0.25, 0.3) is 0 Å². The van der Waals surface area contributed by atoms with Crippen molar-refractivity contribution in [3.63, 3.8) is 0 Å². The van der Waals surface area contributed by atoms with Crippen LogP contribution in [0.1, 0.15) is 32.8 Å². The number of rotatable bonds is 4. The molecule has 0 aromatic heterocycles. The van der Waals surface area contributed by atoms with E-state index in [2.05, 4.69) is 65.1 Å². The van der Waals surface area contributed by atoms with Gasteiger partial charge in [0.2, 0.25) is 0 Å². The van der Waals surface area contributed by atoms with Crippen LogP contribution in [0.2, 0.25) is 0 Å².